The molecule has 0 radical (unpaired) electrons. The van der Waals surface area contributed by atoms with Crippen molar-refractivity contribution in [3.8, 4) is 0 Å². The van der Waals surface area contributed by atoms with Gasteiger partial charge in [-0.2, -0.15) is 0 Å². The molecule has 0 spiro atoms. The lowest BCUT2D eigenvalue weighted by atomic mass is 10.1. The first kappa shape index (κ1) is 12.0. The van der Waals surface area contributed by atoms with Crippen LogP contribution in [0.4, 0.5) is 0 Å². The number of aromatic nitrogens is 2. The molecule has 0 atom stereocenters. The minimum Gasteiger partial charge on any atom is -0.312 e. The van der Waals surface area contributed by atoms with Gasteiger partial charge in [-0.1, -0.05) is 0 Å². The number of nitrogens with zero attached hydrogens (tertiary/aromatic N) is 2. The molecule has 0 amide bonds. The first-order chi connectivity index (χ1) is 6.90. The quantitative estimate of drug-likeness (QED) is 0.754. The van der Waals surface area contributed by atoms with E-state index in [1.165, 1.54) is 0 Å². The maximum absolute atomic E-state index is 11.5. The predicted molar refractivity (Wildman–Crippen MR) is 62.0 cm³/mol. The van der Waals surface area contributed by atoms with Crippen molar-refractivity contribution >= 4 is 0 Å². The number of nitrogens with one attached hydrogen (secondary N) is 1. The highest BCUT2D eigenvalue weighted by Crippen LogP contribution is 1.98. The SMILES string of the molecule is Cn1ccn(CCCNC(C)(C)C)c1=O. The highest BCUT2D eigenvalue weighted by molar-refractivity contribution is 4.79. The molecule has 15 heavy (non-hydrogen) atoms. The summed E-state index contributed by atoms with van der Waals surface area (Å²) in [5.41, 5.74) is 0.215. The highest BCUT2D eigenvalue weighted by Gasteiger charge is 2.07. The third-order valence-electron chi connectivity index (χ3n) is 2.25. The predicted octanol–water partition coefficient (Wildman–Crippen LogP) is 0.965. The van der Waals surface area contributed by atoms with E-state index in [1.54, 1.807) is 22.4 Å². The van der Waals surface area contributed by atoms with Crippen LogP contribution < -0.4 is 11.0 Å². The summed E-state index contributed by atoms with van der Waals surface area (Å²) >= 11 is 0. The Bertz CT molecular complexity index is 357. The van der Waals surface area contributed by atoms with E-state index < -0.39 is 0 Å². The van der Waals surface area contributed by atoms with Gasteiger partial charge in [-0.25, -0.2) is 4.79 Å². The van der Waals surface area contributed by atoms with Gasteiger partial charge in [0.1, 0.15) is 0 Å². The highest BCUT2D eigenvalue weighted by atomic mass is 16.1. The monoisotopic (exact) mass is 211 g/mol. The van der Waals surface area contributed by atoms with Crippen LogP contribution in [0, 0.1) is 0 Å². The van der Waals surface area contributed by atoms with Crippen molar-refractivity contribution in [2.45, 2.75) is 39.3 Å². The van der Waals surface area contributed by atoms with Crippen LogP contribution in [-0.4, -0.2) is 21.2 Å². The lowest BCUT2D eigenvalue weighted by Gasteiger charge is -2.20. The smallest absolute Gasteiger partial charge is 0.312 e. The second-order valence-electron chi connectivity index (χ2n) is 4.92. The Morgan fingerprint density at radius 3 is 2.47 bits per heavy atom. The summed E-state index contributed by atoms with van der Waals surface area (Å²) in [6.07, 6.45) is 4.60. The molecule has 4 nitrogen and oxygen atoms in total. The van der Waals surface area contributed by atoms with Crippen molar-refractivity contribution in [3.05, 3.63) is 22.9 Å². The fourth-order valence-electron chi connectivity index (χ4n) is 1.39. The van der Waals surface area contributed by atoms with Crippen molar-refractivity contribution in [2.24, 2.45) is 7.05 Å². The Morgan fingerprint density at radius 1 is 1.33 bits per heavy atom. The molecule has 0 aliphatic heterocycles. The normalized spacial score (nSPS) is 12.0. The summed E-state index contributed by atoms with van der Waals surface area (Å²) < 4.78 is 3.33. The van der Waals surface area contributed by atoms with Crippen LogP contribution in [0.25, 0.3) is 0 Å². The van der Waals surface area contributed by atoms with Crippen LogP contribution in [-0.2, 0) is 13.6 Å². The number of rotatable bonds is 4. The summed E-state index contributed by atoms with van der Waals surface area (Å²) in [4.78, 5) is 11.5. The van der Waals surface area contributed by atoms with Gasteiger partial charge in [0.2, 0.25) is 0 Å². The van der Waals surface area contributed by atoms with Gasteiger partial charge in [0.25, 0.3) is 0 Å². The molecule has 0 unspecified atom stereocenters. The van der Waals surface area contributed by atoms with Gasteiger partial charge in [0.15, 0.2) is 0 Å². The third kappa shape index (κ3) is 3.91. The largest absolute Gasteiger partial charge is 0.327 e. The molecule has 1 N–H and O–H groups in total. The lowest BCUT2D eigenvalue weighted by Crippen LogP contribution is -2.37. The average molecular weight is 211 g/mol. The molecule has 86 valence electrons. The van der Waals surface area contributed by atoms with Crippen LogP contribution in [0.15, 0.2) is 17.2 Å². The number of hydrogen-bond acceptors (Lipinski definition) is 2. The van der Waals surface area contributed by atoms with Gasteiger partial charge in [0.05, 0.1) is 0 Å². The average Bonchev–Trinajstić information content (AvgIpc) is 2.42. The van der Waals surface area contributed by atoms with E-state index >= 15 is 0 Å². The maximum Gasteiger partial charge on any atom is 0.327 e. The van der Waals surface area contributed by atoms with Gasteiger partial charge in [-0.3, -0.25) is 4.57 Å². The topological polar surface area (TPSA) is 39.0 Å². The van der Waals surface area contributed by atoms with Gasteiger partial charge in [-0.15, -0.1) is 0 Å². The zero-order valence-electron chi connectivity index (χ0n) is 10.1. The summed E-state index contributed by atoms with van der Waals surface area (Å²) in [5, 5.41) is 3.40. The molecule has 0 fully saturated rings. The van der Waals surface area contributed by atoms with Crippen LogP contribution in [0.1, 0.15) is 27.2 Å². The Hall–Kier alpha value is -1.03. The fraction of sp³-hybridized carbons (Fsp3) is 0.727. The minimum absolute atomic E-state index is 0.0609. The van der Waals surface area contributed by atoms with E-state index in [0.717, 1.165) is 19.5 Å². The first-order valence-electron chi connectivity index (χ1n) is 5.37. The molecule has 0 saturated heterocycles. The third-order valence-corrected chi connectivity index (χ3v) is 2.25. The summed E-state index contributed by atoms with van der Waals surface area (Å²) in [7, 11) is 1.77. The molecule has 0 bridgehead atoms. The van der Waals surface area contributed by atoms with Crippen molar-refractivity contribution in [3.63, 3.8) is 0 Å². The van der Waals surface area contributed by atoms with Crippen molar-refractivity contribution < 1.29 is 0 Å². The summed E-state index contributed by atoms with van der Waals surface area (Å²) in [6, 6.07) is 0. The molecule has 0 aliphatic rings. The van der Waals surface area contributed by atoms with Crippen molar-refractivity contribution in [1.82, 2.24) is 14.5 Å². The van der Waals surface area contributed by atoms with E-state index in [0.29, 0.717) is 0 Å². The Morgan fingerprint density at radius 2 is 2.00 bits per heavy atom. The molecular formula is C11H21N3O. The van der Waals surface area contributed by atoms with Crippen molar-refractivity contribution in [1.29, 1.82) is 0 Å². The molecule has 0 aliphatic carbocycles. The molecule has 0 saturated carbocycles. The fourth-order valence-corrected chi connectivity index (χ4v) is 1.39. The number of hydrogen-bond donors (Lipinski definition) is 1. The van der Waals surface area contributed by atoms with Gasteiger partial charge < -0.3 is 9.88 Å². The zero-order chi connectivity index (χ0) is 11.5. The Balaban J connectivity index is 2.33. The Labute approximate surface area is 90.9 Å². The van der Waals surface area contributed by atoms with E-state index in [9.17, 15) is 4.79 Å². The lowest BCUT2D eigenvalue weighted by molar-refractivity contribution is 0.412. The number of aryl methyl sites for hydroxylation is 2. The Kier molecular flexibility index (Phi) is 3.74. The summed E-state index contributed by atoms with van der Waals surface area (Å²) in [6.45, 7) is 8.14. The first-order valence-corrected chi connectivity index (χ1v) is 5.37. The van der Waals surface area contributed by atoms with Crippen LogP contribution in [0.2, 0.25) is 0 Å². The number of imidazole rings is 1. The molecular weight excluding hydrogens is 190 g/mol. The van der Waals surface area contributed by atoms with E-state index in [-0.39, 0.29) is 11.2 Å². The molecule has 1 aromatic heterocycles. The molecule has 1 aromatic rings. The van der Waals surface area contributed by atoms with Gasteiger partial charge in [0, 0.05) is 31.5 Å². The summed E-state index contributed by atoms with van der Waals surface area (Å²) in [5.74, 6) is 0. The minimum atomic E-state index is 0.0609. The standard InChI is InChI=1S/C11H21N3O/c1-11(2,3)12-6-5-7-14-9-8-13(4)10(14)15/h8-9,12H,5-7H2,1-4H3. The second-order valence-corrected chi connectivity index (χ2v) is 4.92. The van der Waals surface area contributed by atoms with Crippen LogP contribution >= 0.6 is 0 Å². The molecule has 0 aromatic carbocycles. The van der Waals surface area contributed by atoms with Gasteiger partial charge in [-0.05, 0) is 33.7 Å². The van der Waals surface area contributed by atoms with E-state index in [2.05, 4.69) is 26.1 Å². The van der Waals surface area contributed by atoms with Gasteiger partial charge >= 0.3 is 5.69 Å². The van der Waals surface area contributed by atoms with Crippen LogP contribution in [0.5, 0.6) is 0 Å². The molecule has 1 heterocycles. The maximum atomic E-state index is 11.5. The van der Waals surface area contributed by atoms with E-state index in [1.807, 2.05) is 6.20 Å². The van der Waals surface area contributed by atoms with Crippen LogP contribution in [0.3, 0.4) is 0 Å². The second kappa shape index (κ2) is 4.66. The van der Waals surface area contributed by atoms with E-state index in [4.69, 9.17) is 0 Å². The zero-order valence-corrected chi connectivity index (χ0v) is 10.1. The van der Waals surface area contributed by atoms with Crippen molar-refractivity contribution in [2.75, 3.05) is 6.54 Å². The molecule has 4 heteroatoms. The molecule has 1 rings (SSSR count).